The maximum atomic E-state index is 14.3. The summed E-state index contributed by atoms with van der Waals surface area (Å²) in [7, 11) is 0. The zero-order valence-corrected chi connectivity index (χ0v) is 17.3. The number of aryl methyl sites for hydroxylation is 1. The number of β-amino-alcohol motifs (C(OH)–C–C–N with tert-alkyl or cyclic N) is 1. The second-order valence-electron chi connectivity index (χ2n) is 7.67. The minimum absolute atomic E-state index is 0.0369. The van der Waals surface area contributed by atoms with Crippen molar-refractivity contribution < 1.29 is 23.4 Å². The molecule has 0 spiro atoms. The highest BCUT2D eigenvalue weighted by atomic mass is 19.2. The van der Waals surface area contributed by atoms with Crippen LogP contribution in [0.3, 0.4) is 0 Å². The fourth-order valence-electron chi connectivity index (χ4n) is 3.66. The number of carbonyl (C=O) groups excluding carboxylic acids is 1. The van der Waals surface area contributed by atoms with E-state index in [4.69, 9.17) is 9.84 Å². The number of halogens is 2. The standard InChI is InChI=1S/C18H19F2NO3.C4H9NO/c1-3-5-11-15(20)14(19)8-12-16(11)21(10-6-7-10)9-13(17(12)22)18(23)24-4-2;6-4-1-2-5-3-4/h8-10H,3-7H2,1-2H3;4-6H,1-3H2. The zero-order chi connectivity index (χ0) is 21.8. The molecule has 164 valence electrons. The van der Waals surface area contributed by atoms with Crippen LogP contribution in [-0.2, 0) is 11.2 Å². The van der Waals surface area contributed by atoms with E-state index in [9.17, 15) is 18.4 Å². The van der Waals surface area contributed by atoms with Crippen LogP contribution in [0.5, 0.6) is 0 Å². The molecule has 2 fully saturated rings. The Morgan fingerprint density at radius 2 is 2.03 bits per heavy atom. The highest BCUT2D eigenvalue weighted by Gasteiger charge is 2.29. The van der Waals surface area contributed by atoms with Gasteiger partial charge >= 0.3 is 5.97 Å². The first-order chi connectivity index (χ1) is 14.4. The molecule has 2 heterocycles. The first-order valence-electron chi connectivity index (χ1n) is 10.5. The van der Waals surface area contributed by atoms with Crippen molar-refractivity contribution in [3.63, 3.8) is 0 Å². The summed E-state index contributed by atoms with van der Waals surface area (Å²) in [6.45, 7) is 5.43. The fourth-order valence-corrected chi connectivity index (χ4v) is 3.66. The zero-order valence-electron chi connectivity index (χ0n) is 17.3. The van der Waals surface area contributed by atoms with Gasteiger partial charge in [-0.1, -0.05) is 13.3 Å². The summed E-state index contributed by atoms with van der Waals surface area (Å²) in [4.78, 5) is 24.7. The molecular weight excluding hydrogens is 394 g/mol. The molecule has 8 heteroatoms. The predicted molar refractivity (Wildman–Crippen MR) is 110 cm³/mol. The third-order valence-electron chi connectivity index (χ3n) is 5.27. The molecule has 0 amide bonds. The molecule has 2 aromatic rings. The van der Waals surface area contributed by atoms with Gasteiger partial charge in [0.05, 0.1) is 18.2 Å². The second-order valence-corrected chi connectivity index (χ2v) is 7.67. The lowest BCUT2D eigenvalue weighted by atomic mass is 10.0. The Morgan fingerprint density at radius 1 is 1.30 bits per heavy atom. The van der Waals surface area contributed by atoms with Crippen LogP contribution in [0.2, 0.25) is 0 Å². The lowest BCUT2D eigenvalue weighted by Gasteiger charge is -2.16. The molecule has 6 nitrogen and oxygen atoms in total. The normalized spacial score (nSPS) is 18.2. The minimum atomic E-state index is -1.06. The van der Waals surface area contributed by atoms with Crippen LogP contribution in [0.15, 0.2) is 17.1 Å². The molecule has 1 aliphatic carbocycles. The smallest absolute Gasteiger partial charge is 0.343 e. The van der Waals surface area contributed by atoms with Crippen LogP contribution in [0.4, 0.5) is 8.78 Å². The number of nitrogens with one attached hydrogen (secondary N) is 1. The van der Waals surface area contributed by atoms with Gasteiger partial charge in [0.25, 0.3) is 0 Å². The Bertz CT molecular complexity index is 979. The number of pyridine rings is 1. The number of rotatable bonds is 5. The number of ether oxygens (including phenoxy) is 1. The molecule has 1 aromatic heterocycles. The van der Waals surface area contributed by atoms with Crippen molar-refractivity contribution in [1.29, 1.82) is 0 Å². The summed E-state index contributed by atoms with van der Waals surface area (Å²) in [5, 5.41) is 11.7. The van der Waals surface area contributed by atoms with E-state index in [0.29, 0.717) is 18.4 Å². The van der Waals surface area contributed by atoms with Gasteiger partial charge < -0.3 is 19.7 Å². The fraction of sp³-hybridized carbons (Fsp3) is 0.545. The molecule has 2 N–H and O–H groups in total. The minimum Gasteiger partial charge on any atom is -0.462 e. The third-order valence-corrected chi connectivity index (χ3v) is 5.27. The van der Waals surface area contributed by atoms with Gasteiger partial charge in [-0.25, -0.2) is 13.6 Å². The number of benzene rings is 1. The van der Waals surface area contributed by atoms with E-state index in [1.54, 1.807) is 11.5 Å². The van der Waals surface area contributed by atoms with Crippen molar-refractivity contribution in [2.45, 2.75) is 58.1 Å². The Morgan fingerprint density at radius 3 is 2.53 bits per heavy atom. The number of nitrogens with zero attached hydrogens (tertiary/aromatic N) is 1. The van der Waals surface area contributed by atoms with Crippen LogP contribution in [0.25, 0.3) is 10.9 Å². The number of aliphatic hydroxyl groups is 1. The number of aromatic nitrogens is 1. The molecule has 1 aromatic carbocycles. The molecule has 1 aliphatic heterocycles. The SMILES string of the molecule is CCCc1c(F)c(F)cc2c(=O)c(C(=O)OCC)cn(C3CC3)c12.OC1CCNC1. The van der Waals surface area contributed by atoms with E-state index in [1.165, 1.54) is 6.20 Å². The van der Waals surface area contributed by atoms with Gasteiger partial charge in [-0.15, -0.1) is 0 Å². The first-order valence-corrected chi connectivity index (χ1v) is 10.5. The first kappa shape index (κ1) is 22.4. The van der Waals surface area contributed by atoms with Crippen LogP contribution in [0, 0.1) is 11.6 Å². The van der Waals surface area contributed by atoms with E-state index >= 15 is 0 Å². The van der Waals surface area contributed by atoms with Gasteiger partial charge in [-0.3, -0.25) is 4.79 Å². The van der Waals surface area contributed by atoms with Crippen LogP contribution >= 0.6 is 0 Å². The molecule has 1 unspecified atom stereocenters. The maximum Gasteiger partial charge on any atom is 0.343 e. The number of fused-ring (bicyclic) bond motifs is 1. The van der Waals surface area contributed by atoms with Gasteiger partial charge in [0.1, 0.15) is 5.56 Å². The molecule has 4 rings (SSSR count). The second kappa shape index (κ2) is 9.66. The lowest BCUT2D eigenvalue weighted by molar-refractivity contribution is 0.0524. The highest BCUT2D eigenvalue weighted by Crippen LogP contribution is 2.38. The van der Waals surface area contributed by atoms with Crippen molar-refractivity contribution in [2.75, 3.05) is 19.7 Å². The molecule has 2 aliphatic rings. The van der Waals surface area contributed by atoms with Crippen molar-refractivity contribution in [3.8, 4) is 0 Å². The van der Waals surface area contributed by atoms with Gasteiger partial charge in [0.15, 0.2) is 11.6 Å². The number of aliphatic hydroxyl groups excluding tert-OH is 1. The third kappa shape index (κ3) is 4.70. The van der Waals surface area contributed by atoms with E-state index in [2.05, 4.69) is 5.32 Å². The van der Waals surface area contributed by atoms with Crippen molar-refractivity contribution in [3.05, 3.63) is 45.2 Å². The van der Waals surface area contributed by atoms with E-state index < -0.39 is 23.0 Å². The Balaban J connectivity index is 0.000000367. The van der Waals surface area contributed by atoms with E-state index in [-0.39, 0.29) is 35.3 Å². The summed E-state index contributed by atoms with van der Waals surface area (Å²) >= 11 is 0. The van der Waals surface area contributed by atoms with Gasteiger partial charge in [0, 0.05) is 29.7 Å². The van der Waals surface area contributed by atoms with Gasteiger partial charge in [0.2, 0.25) is 5.43 Å². The van der Waals surface area contributed by atoms with Gasteiger partial charge in [-0.2, -0.15) is 0 Å². The number of esters is 1. The van der Waals surface area contributed by atoms with Crippen molar-refractivity contribution in [2.24, 2.45) is 0 Å². The molecule has 0 radical (unpaired) electrons. The van der Waals surface area contributed by atoms with Gasteiger partial charge in [-0.05, 0) is 45.2 Å². The number of hydrogen-bond acceptors (Lipinski definition) is 5. The monoisotopic (exact) mass is 422 g/mol. The highest BCUT2D eigenvalue weighted by molar-refractivity contribution is 5.94. The largest absolute Gasteiger partial charge is 0.462 e. The van der Waals surface area contributed by atoms with Crippen molar-refractivity contribution >= 4 is 16.9 Å². The molecule has 1 saturated carbocycles. The van der Waals surface area contributed by atoms with Crippen LogP contribution in [0.1, 0.15) is 61.5 Å². The Labute approximate surface area is 173 Å². The van der Waals surface area contributed by atoms with Crippen molar-refractivity contribution in [1.82, 2.24) is 9.88 Å². The van der Waals surface area contributed by atoms with E-state index in [0.717, 1.165) is 38.4 Å². The topological polar surface area (TPSA) is 80.6 Å². The predicted octanol–water partition coefficient (Wildman–Crippen LogP) is 3.08. The number of carbonyl (C=O) groups is 1. The molecule has 1 saturated heterocycles. The Hall–Kier alpha value is -2.32. The molecular formula is C22H28F2N2O4. The number of hydrogen-bond donors (Lipinski definition) is 2. The van der Waals surface area contributed by atoms with Crippen LogP contribution < -0.4 is 10.7 Å². The summed E-state index contributed by atoms with van der Waals surface area (Å²) in [6, 6.07) is 0.995. The molecule has 0 bridgehead atoms. The average molecular weight is 422 g/mol. The van der Waals surface area contributed by atoms with Crippen LogP contribution in [-0.4, -0.2) is 41.4 Å². The summed E-state index contributed by atoms with van der Waals surface area (Å²) < 4.78 is 35.0. The van der Waals surface area contributed by atoms with E-state index in [1.807, 2.05) is 6.92 Å². The average Bonchev–Trinajstić information content (AvgIpc) is 3.45. The lowest BCUT2D eigenvalue weighted by Crippen LogP contribution is -2.22. The maximum absolute atomic E-state index is 14.3. The summed E-state index contributed by atoms with van der Waals surface area (Å²) in [5.74, 6) is -2.71. The molecule has 30 heavy (non-hydrogen) atoms. The quantitative estimate of drug-likeness (QED) is 0.724. The summed E-state index contributed by atoms with van der Waals surface area (Å²) in [5.41, 5.74) is -0.149. The molecule has 1 atom stereocenters. The summed E-state index contributed by atoms with van der Waals surface area (Å²) in [6.07, 6.45) is 5.01. The Kier molecular flexibility index (Phi) is 7.20.